The molecule has 0 bridgehead atoms. The predicted octanol–water partition coefficient (Wildman–Crippen LogP) is 8.03. The summed E-state index contributed by atoms with van der Waals surface area (Å²) in [5.74, 6) is 0.967. The summed E-state index contributed by atoms with van der Waals surface area (Å²) in [5, 5.41) is 0. The number of benzene rings is 2. The molecule has 0 aromatic heterocycles. The van der Waals surface area contributed by atoms with Crippen molar-refractivity contribution in [1.29, 1.82) is 0 Å². The molecule has 0 aliphatic carbocycles. The molecule has 4 nitrogen and oxygen atoms in total. The molecule has 0 spiro atoms. The third-order valence-corrected chi connectivity index (χ3v) is 7.23. The zero-order valence-corrected chi connectivity index (χ0v) is 21.8. The maximum Gasteiger partial charge on any atom is 0.188 e. The van der Waals surface area contributed by atoms with Crippen LogP contribution in [0.5, 0.6) is 5.75 Å². The van der Waals surface area contributed by atoms with Crippen molar-refractivity contribution in [2.24, 2.45) is 0 Å². The van der Waals surface area contributed by atoms with Crippen LogP contribution in [-0.2, 0) is 20.6 Å². The Bertz CT molecular complexity index is 792. The van der Waals surface area contributed by atoms with Crippen molar-refractivity contribution >= 4 is 11.8 Å². The van der Waals surface area contributed by atoms with Crippen molar-refractivity contribution < 1.29 is 18.9 Å². The maximum absolute atomic E-state index is 6.03. The third-order valence-electron chi connectivity index (χ3n) is 6.18. The van der Waals surface area contributed by atoms with Crippen LogP contribution in [0.2, 0.25) is 0 Å². The summed E-state index contributed by atoms with van der Waals surface area (Å²) in [4.78, 5) is 2.36. The SMILES string of the molecule is COCOc1c(CCCCCCCCC(C)OC2CCCCO2)cccc1Sc1ccccc1. The van der Waals surface area contributed by atoms with E-state index in [1.54, 1.807) is 18.9 Å². The molecule has 2 aromatic carbocycles. The quantitative estimate of drug-likeness (QED) is 0.177. The highest BCUT2D eigenvalue weighted by molar-refractivity contribution is 7.99. The molecule has 0 radical (unpaired) electrons. The molecule has 1 saturated heterocycles. The molecule has 0 saturated carbocycles. The fourth-order valence-electron chi connectivity index (χ4n) is 4.34. The van der Waals surface area contributed by atoms with Crippen molar-refractivity contribution in [2.45, 2.75) is 99.7 Å². The second-order valence-corrected chi connectivity index (χ2v) is 10.2. The summed E-state index contributed by atoms with van der Waals surface area (Å²) in [6.07, 6.45) is 13.5. The van der Waals surface area contributed by atoms with Gasteiger partial charge in [-0.2, -0.15) is 0 Å². The molecule has 1 aliphatic heterocycles. The fourth-order valence-corrected chi connectivity index (χ4v) is 5.31. The molecular weight excluding hydrogens is 444 g/mol. The summed E-state index contributed by atoms with van der Waals surface area (Å²) in [5.41, 5.74) is 1.27. The van der Waals surface area contributed by atoms with Crippen LogP contribution in [0.3, 0.4) is 0 Å². The van der Waals surface area contributed by atoms with Crippen molar-refractivity contribution in [3.05, 3.63) is 54.1 Å². The molecular formula is C29H42O4S. The summed E-state index contributed by atoms with van der Waals surface area (Å²) < 4.78 is 22.9. The van der Waals surface area contributed by atoms with Crippen LogP contribution in [0.25, 0.3) is 0 Å². The highest BCUT2D eigenvalue weighted by Crippen LogP contribution is 2.38. The first-order valence-corrected chi connectivity index (χ1v) is 13.8. The van der Waals surface area contributed by atoms with Gasteiger partial charge in [-0.3, -0.25) is 0 Å². The molecule has 5 heteroatoms. The number of rotatable bonds is 16. The monoisotopic (exact) mass is 486 g/mol. The lowest BCUT2D eigenvalue weighted by molar-refractivity contribution is -0.185. The second kappa shape index (κ2) is 16.2. The Morgan fingerprint density at radius 1 is 0.941 bits per heavy atom. The van der Waals surface area contributed by atoms with Gasteiger partial charge in [0.15, 0.2) is 13.1 Å². The summed E-state index contributed by atoms with van der Waals surface area (Å²) in [6.45, 7) is 3.31. The molecule has 2 unspecified atom stereocenters. The van der Waals surface area contributed by atoms with E-state index < -0.39 is 0 Å². The maximum atomic E-state index is 6.03. The van der Waals surface area contributed by atoms with E-state index in [0.717, 1.165) is 36.5 Å². The Labute approximate surface area is 210 Å². The highest BCUT2D eigenvalue weighted by Gasteiger charge is 2.17. The number of hydrogen-bond donors (Lipinski definition) is 0. The summed E-state index contributed by atoms with van der Waals surface area (Å²) in [7, 11) is 1.67. The van der Waals surface area contributed by atoms with E-state index in [9.17, 15) is 0 Å². The Balaban J connectivity index is 1.34. The molecule has 0 amide bonds. The molecule has 3 rings (SSSR count). The van der Waals surface area contributed by atoms with Crippen LogP contribution < -0.4 is 4.74 Å². The van der Waals surface area contributed by atoms with Gasteiger partial charge in [-0.15, -0.1) is 0 Å². The van der Waals surface area contributed by atoms with Crippen LogP contribution in [-0.4, -0.2) is 32.9 Å². The minimum Gasteiger partial charge on any atom is -0.466 e. The van der Waals surface area contributed by atoms with Crippen LogP contribution in [0.15, 0.2) is 58.3 Å². The van der Waals surface area contributed by atoms with Crippen molar-refractivity contribution in [3.8, 4) is 5.75 Å². The van der Waals surface area contributed by atoms with Gasteiger partial charge in [0.1, 0.15) is 5.75 Å². The van der Waals surface area contributed by atoms with E-state index in [4.69, 9.17) is 18.9 Å². The van der Waals surface area contributed by atoms with E-state index in [0.29, 0.717) is 6.10 Å². The number of methoxy groups -OCH3 is 1. The average molecular weight is 487 g/mol. The molecule has 2 atom stereocenters. The Morgan fingerprint density at radius 2 is 1.74 bits per heavy atom. The summed E-state index contributed by atoms with van der Waals surface area (Å²) >= 11 is 1.75. The largest absolute Gasteiger partial charge is 0.466 e. The minimum atomic E-state index is 0.0334. The van der Waals surface area contributed by atoms with Gasteiger partial charge in [0.25, 0.3) is 0 Å². The normalized spacial score (nSPS) is 16.9. The average Bonchev–Trinajstić information content (AvgIpc) is 2.86. The van der Waals surface area contributed by atoms with Gasteiger partial charge in [-0.25, -0.2) is 0 Å². The molecule has 1 aliphatic rings. The molecule has 1 fully saturated rings. The van der Waals surface area contributed by atoms with Crippen molar-refractivity contribution in [1.82, 2.24) is 0 Å². The predicted molar refractivity (Wildman–Crippen MR) is 140 cm³/mol. The fraction of sp³-hybridized carbons (Fsp3) is 0.586. The lowest BCUT2D eigenvalue weighted by Crippen LogP contribution is -2.26. The Kier molecular flexibility index (Phi) is 12.9. The number of aryl methyl sites for hydroxylation is 1. The highest BCUT2D eigenvalue weighted by atomic mass is 32.2. The molecule has 2 aromatic rings. The van der Waals surface area contributed by atoms with Gasteiger partial charge >= 0.3 is 0 Å². The standard InChI is InChI=1S/C29H42O4S/c1-24(33-28-21-12-13-22-31-28)15-8-5-3-4-6-9-16-25-17-14-20-27(29(25)32-23-30-2)34-26-18-10-7-11-19-26/h7,10-11,14,17-20,24,28H,3-6,8-9,12-13,15-16,21-23H2,1-2H3. The van der Waals surface area contributed by atoms with Gasteiger partial charge in [0.05, 0.1) is 11.0 Å². The first kappa shape index (κ1) is 27.1. The Morgan fingerprint density at radius 3 is 2.50 bits per heavy atom. The lowest BCUT2D eigenvalue weighted by Gasteiger charge is -2.26. The van der Waals surface area contributed by atoms with E-state index in [1.807, 2.05) is 6.07 Å². The van der Waals surface area contributed by atoms with Gasteiger partial charge in [-0.1, -0.05) is 74.2 Å². The van der Waals surface area contributed by atoms with E-state index in [2.05, 4.69) is 49.4 Å². The van der Waals surface area contributed by atoms with Crippen LogP contribution in [0.1, 0.15) is 76.7 Å². The third kappa shape index (κ3) is 9.99. The second-order valence-electron chi connectivity index (χ2n) is 9.11. The van der Waals surface area contributed by atoms with E-state index in [1.165, 1.54) is 61.8 Å². The number of para-hydroxylation sites is 1. The molecule has 34 heavy (non-hydrogen) atoms. The zero-order valence-electron chi connectivity index (χ0n) is 21.0. The molecule has 188 valence electrons. The zero-order chi connectivity index (χ0) is 23.8. The van der Waals surface area contributed by atoms with Crippen LogP contribution in [0.4, 0.5) is 0 Å². The number of hydrogen-bond acceptors (Lipinski definition) is 5. The first-order chi connectivity index (χ1) is 16.8. The van der Waals surface area contributed by atoms with Gasteiger partial charge < -0.3 is 18.9 Å². The number of ether oxygens (including phenoxy) is 4. The number of unbranched alkanes of at least 4 members (excludes halogenated alkanes) is 5. The van der Waals surface area contributed by atoms with Crippen molar-refractivity contribution in [2.75, 3.05) is 20.5 Å². The van der Waals surface area contributed by atoms with Gasteiger partial charge in [0, 0.05) is 18.6 Å². The van der Waals surface area contributed by atoms with Crippen LogP contribution in [0, 0.1) is 0 Å². The smallest absolute Gasteiger partial charge is 0.188 e. The first-order valence-electron chi connectivity index (χ1n) is 13.0. The van der Waals surface area contributed by atoms with Crippen molar-refractivity contribution in [3.63, 3.8) is 0 Å². The summed E-state index contributed by atoms with van der Waals surface area (Å²) in [6, 6.07) is 16.9. The molecule has 1 heterocycles. The molecule has 0 N–H and O–H groups in total. The van der Waals surface area contributed by atoms with E-state index >= 15 is 0 Å². The van der Waals surface area contributed by atoms with Gasteiger partial charge in [-0.05, 0) is 69.2 Å². The lowest BCUT2D eigenvalue weighted by atomic mass is 10.0. The van der Waals surface area contributed by atoms with Gasteiger partial charge in [0.2, 0.25) is 0 Å². The Hall–Kier alpha value is -1.53. The minimum absolute atomic E-state index is 0.0334. The van der Waals surface area contributed by atoms with Crippen LogP contribution >= 0.6 is 11.8 Å². The van der Waals surface area contributed by atoms with E-state index in [-0.39, 0.29) is 13.1 Å². The topological polar surface area (TPSA) is 36.9 Å².